The molecule has 1 aliphatic rings. The van der Waals surface area contributed by atoms with Gasteiger partial charge in [0, 0.05) is 10.6 Å². The topological polar surface area (TPSA) is 41.9 Å². The van der Waals surface area contributed by atoms with Crippen molar-refractivity contribution < 1.29 is 9.53 Å². The zero-order valence-electron chi connectivity index (χ0n) is 11.5. The second kappa shape index (κ2) is 4.85. The molecule has 1 aromatic rings. The van der Waals surface area contributed by atoms with E-state index in [9.17, 15) is 4.79 Å². The molecule has 1 aromatic carbocycles. The third-order valence-electron chi connectivity index (χ3n) is 3.02. The van der Waals surface area contributed by atoms with Gasteiger partial charge in [0.1, 0.15) is 0 Å². The molecule has 19 heavy (non-hydrogen) atoms. The molecule has 0 bridgehead atoms. The first-order chi connectivity index (χ1) is 8.82. The Bertz CT molecular complexity index is 547. The van der Waals surface area contributed by atoms with E-state index in [4.69, 9.17) is 16.3 Å². The van der Waals surface area contributed by atoms with Crippen LogP contribution in [0.15, 0.2) is 23.2 Å². The van der Waals surface area contributed by atoms with Crippen LogP contribution >= 0.6 is 11.6 Å². The Morgan fingerprint density at radius 3 is 2.63 bits per heavy atom. The second-order valence-electron chi connectivity index (χ2n) is 5.43. The van der Waals surface area contributed by atoms with E-state index in [0.717, 1.165) is 0 Å². The summed E-state index contributed by atoms with van der Waals surface area (Å²) in [6.07, 6.45) is 0. The lowest BCUT2D eigenvalue weighted by Crippen LogP contribution is -2.47. The summed E-state index contributed by atoms with van der Waals surface area (Å²) < 4.78 is 5.26. The number of carbonyl (C=O) groups is 1. The molecule has 5 heteroatoms. The monoisotopic (exact) mass is 280 g/mol. The molecule has 0 saturated heterocycles. The molecule has 0 saturated carbocycles. The highest BCUT2D eigenvalue weighted by molar-refractivity contribution is 6.31. The van der Waals surface area contributed by atoms with Crippen LogP contribution < -0.4 is 0 Å². The van der Waals surface area contributed by atoms with Crippen molar-refractivity contribution in [2.45, 2.75) is 26.3 Å². The third-order valence-corrected chi connectivity index (χ3v) is 3.25. The third kappa shape index (κ3) is 2.73. The molecular formula is C14H17ClN2O2. The quantitative estimate of drug-likeness (QED) is 0.732. The molecule has 0 aliphatic carbocycles. The number of nitrogens with zero attached hydrogens (tertiary/aromatic N) is 2. The lowest BCUT2D eigenvalue weighted by Gasteiger charge is -2.34. The highest BCUT2D eigenvalue weighted by atomic mass is 35.5. The number of fused-ring (bicyclic) bond motifs is 1. The van der Waals surface area contributed by atoms with Gasteiger partial charge in [-0.2, -0.15) is 0 Å². The zero-order chi connectivity index (χ0) is 14.2. The molecule has 0 atom stereocenters. The van der Waals surface area contributed by atoms with Gasteiger partial charge in [0.25, 0.3) is 5.91 Å². The number of carbonyl (C=O) groups excluding carboxylic acids is 1. The summed E-state index contributed by atoms with van der Waals surface area (Å²) in [7, 11) is 1.56. The summed E-state index contributed by atoms with van der Waals surface area (Å²) in [5.41, 5.74) is 0.785. The molecule has 102 valence electrons. The van der Waals surface area contributed by atoms with Crippen LogP contribution in [0.3, 0.4) is 0 Å². The molecule has 1 aliphatic heterocycles. The maximum absolute atomic E-state index is 12.6. The van der Waals surface area contributed by atoms with Crippen molar-refractivity contribution in [3.63, 3.8) is 0 Å². The van der Waals surface area contributed by atoms with E-state index < -0.39 is 0 Å². The lowest BCUT2D eigenvalue weighted by atomic mass is 10.0. The fourth-order valence-electron chi connectivity index (χ4n) is 1.95. The molecule has 0 N–H and O–H groups in total. The van der Waals surface area contributed by atoms with Gasteiger partial charge in [-0.25, -0.2) is 4.99 Å². The Kier molecular flexibility index (Phi) is 3.54. The Morgan fingerprint density at radius 1 is 1.37 bits per heavy atom. The van der Waals surface area contributed by atoms with Crippen LogP contribution in [0.25, 0.3) is 0 Å². The van der Waals surface area contributed by atoms with Gasteiger partial charge in [0.05, 0.1) is 24.9 Å². The van der Waals surface area contributed by atoms with Crippen LogP contribution in [0.2, 0.25) is 5.02 Å². The molecule has 0 radical (unpaired) electrons. The van der Waals surface area contributed by atoms with Crippen molar-refractivity contribution in [2.24, 2.45) is 4.99 Å². The molecular weight excluding hydrogens is 264 g/mol. The van der Waals surface area contributed by atoms with Gasteiger partial charge in [-0.15, -0.1) is 0 Å². The highest BCUT2D eigenvalue weighted by Crippen LogP contribution is 2.30. The van der Waals surface area contributed by atoms with Crippen LogP contribution in [0.5, 0.6) is 0 Å². The Morgan fingerprint density at radius 2 is 2.05 bits per heavy atom. The van der Waals surface area contributed by atoms with E-state index in [1.165, 1.54) is 0 Å². The van der Waals surface area contributed by atoms with Gasteiger partial charge >= 0.3 is 0 Å². The number of hydrogen-bond donors (Lipinski definition) is 0. The van der Waals surface area contributed by atoms with Crippen molar-refractivity contribution >= 4 is 29.1 Å². The van der Waals surface area contributed by atoms with Crippen molar-refractivity contribution in [1.82, 2.24) is 4.90 Å². The van der Waals surface area contributed by atoms with Crippen LogP contribution in [0.4, 0.5) is 5.69 Å². The SMILES string of the molecule is COC1=Nc2ccc(Cl)cc2C(=O)N(C(C)(C)C)C1. The van der Waals surface area contributed by atoms with Gasteiger partial charge in [0.15, 0.2) is 0 Å². The number of amides is 1. The van der Waals surface area contributed by atoms with Crippen LogP contribution in [-0.2, 0) is 4.74 Å². The molecule has 0 aromatic heterocycles. The maximum Gasteiger partial charge on any atom is 0.257 e. The predicted octanol–water partition coefficient (Wildman–Crippen LogP) is 3.27. The Balaban J connectivity index is 2.58. The molecule has 1 amide bonds. The van der Waals surface area contributed by atoms with Crippen molar-refractivity contribution in [3.05, 3.63) is 28.8 Å². The van der Waals surface area contributed by atoms with Gasteiger partial charge in [0.2, 0.25) is 5.90 Å². The number of rotatable bonds is 0. The van der Waals surface area contributed by atoms with Gasteiger partial charge in [-0.3, -0.25) is 4.79 Å². The van der Waals surface area contributed by atoms with Gasteiger partial charge in [-0.1, -0.05) is 11.6 Å². The average molecular weight is 281 g/mol. The minimum absolute atomic E-state index is 0.0826. The minimum atomic E-state index is -0.319. The van der Waals surface area contributed by atoms with E-state index in [2.05, 4.69) is 4.99 Å². The number of methoxy groups -OCH3 is 1. The zero-order valence-corrected chi connectivity index (χ0v) is 12.3. The van der Waals surface area contributed by atoms with Crippen molar-refractivity contribution in [3.8, 4) is 0 Å². The molecule has 4 nitrogen and oxygen atoms in total. The first-order valence-electron chi connectivity index (χ1n) is 6.06. The van der Waals surface area contributed by atoms with Crippen molar-refractivity contribution in [1.29, 1.82) is 0 Å². The standard InChI is InChI=1S/C14H17ClN2O2/c1-14(2,3)17-8-12(19-4)16-11-6-5-9(15)7-10(11)13(17)18/h5-7H,8H2,1-4H3. The smallest absolute Gasteiger partial charge is 0.257 e. The number of hydrogen-bond acceptors (Lipinski definition) is 3. The average Bonchev–Trinajstić information content (AvgIpc) is 2.46. The van der Waals surface area contributed by atoms with E-state index in [-0.39, 0.29) is 11.4 Å². The van der Waals surface area contributed by atoms with Gasteiger partial charge < -0.3 is 9.64 Å². The highest BCUT2D eigenvalue weighted by Gasteiger charge is 2.32. The van der Waals surface area contributed by atoms with Crippen LogP contribution in [0, 0.1) is 0 Å². The first kappa shape index (κ1) is 13.9. The fraction of sp³-hybridized carbons (Fsp3) is 0.429. The normalized spacial score (nSPS) is 15.7. The first-order valence-corrected chi connectivity index (χ1v) is 6.44. The largest absolute Gasteiger partial charge is 0.483 e. The van der Waals surface area contributed by atoms with E-state index in [0.29, 0.717) is 28.7 Å². The summed E-state index contributed by atoms with van der Waals surface area (Å²) in [4.78, 5) is 18.8. The van der Waals surface area contributed by atoms with Crippen LogP contribution in [-0.4, -0.2) is 35.9 Å². The Labute approximate surface area is 118 Å². The maximum atomic E-state index is 12.6. The van der Waals surface area contributed by atoms with Crippen LogP contribution in [0.1, 0.15) is 31.1 Å². The molecule has 0 fully saturated rings. The molecule has 2 rings (SSSR count). The molecule has 0 unspecified atom stereocenters. The predicted molar refractivity (Wildman–Crippen MR) is 76.3 cm³/mol. The summed E-state index contributed by atoms with van der Waals surface area (Å²) in [6.45, 7) is 6.29. The van der Waals surface area contributed by atoms with Gasteiger partial charge in [-0.05, 0) is 39.0 Å². The minimum Gasteiger partial charge on any atom is -0.483 e. The summed E-state index contributed by atoms with van der Waals surface area (Å²) >= 11 is 5.98. The fourth-order valence-corrected chi connectivity index (χ4v) is 2.12. The van der Waals surface area contributed by atoms with E-state index in [1.807, 2.05) is 20.8 Å². The number of benzene rings is 1. The summed E-state index contributed by atoms with van der Waals surface area (Å²) in [5.74, 6) is 0.435. The number of ether oxygens (including phenoxy) is 1. The Hall–Kier alpha value is -1.55. The molecule has 1 heterocycles. The van der Waals surface area contributed by atoms with E-state index >= 15 is 0 Å². The lowest BCUT2D eigenvalue weighted by molar-refractivity contribution is 0.0618. The van der Waals surface area contributed by atoms with Crippen molar-refractivity contribution in [2.75, 3.05) is 13.7 Å². The summed E-state index contributed by atoms with van der Waals surface area (Å²) in [6, 6.07) is 5.11. The number of halogens is 1. The number of aliphatic imine (C=N–C) groups is 1. The second-order valence-corrected chi connectivity index (χ2v) is 5.87. The summed E-state index contributed by atoms with van der Waals surface area (Å²) in [5, 5.41) is 0.525. The molecule has 0 spiro atoms. The van der Waals surface area contributed by atoms with E-state index in [1.54, 1.807) is 30.2 Å².